The second-order valence-electron chi connectivity index (χ2n) is 8.69. The number of pyridine rings is 1. The number of ether oxygens (including phenoxy) is 1. The van der Waals surface area contributed by atoms with Gasteiger partial charge in [0.15, 0.2) is 0 Å². The molecule has 0 N–H and O–H groups in total. The van der Waals surface area contributed by atoms with Gasteiger partial charge in [0, 0.05) is 29.9 Å². The van der Waals surface area contributed by atoms with Gasteiger partial charge in [0.1, 0.15) is 5.75 Å². The molecule has 33 heavy (non-hydrogen) atoms. The summed E-state index contributed by atoms with van der Waals surface area (Å²) in [6, 6.07) is 15.8. The summed E-state index contributed by atoms with van der Waals surface area (Å²) >= 11 is 0. The Morgan fingerprint density at radius 3 is 2.61 bits per heavy atom. The number of aromatic nitrogens is 3. The highest BCUT2D eigenvalue weighted by molar-refractivity contribution is 5.81. The fraction of sp³-hybridized carbons (Fsp3) is 0.333. The Morgan fingerprint density at radius 2 is 1.85 bits per heavy atom. The van der Waals surface area contributed by atoms with Gasteiger partial charge in [-0.2, -0.15) is 5.10 Å². The molecule has 4 aromatic rings. The number of hydrogen-bond acceptors (Lipinski definition) is 4. The van der Waals surface area contributed by atoms with Crippen molar-refractivity contribution < 1.29 is 4.74 Å². The third-order valence-corrected chi connectivity index (χ3v) is 6.47. The summed E-state index contributed by atoms with van der Waals surface area (Å²) in [7, 11) is 0. The maximum absolute atomic E-state index is 13.0. The van der Waals surface area contributed by atoms with Crippen molar-refractivity contribution in [3.63, 3.8) is 0 Å². The summed E-state index contributed by atoms with van der Waals surface area (Å²) in [6.45, 7) is 8.95. The second-order valence-corrected chi connectivity index (χ2v) is 8.69. The van der Waals surface area contributed by atoms with Gasteiger partial charge in [-0.25, -0.2) is 0 Å². The van der Waals surface area contributed by atoms with Crippen molar-refractivity contribution in [1.29, 1.82) is 0 Å². The van der Waals surface area contributed by atoms with E-state index in [1.807, 2.05) is 62.6 Å². The summed E-state index contributed by atoms with van der Waals surface area (Å²) < 4.78 is 9.34. The standard InChI is InChI=1S/C27H30N4O2/c1-3-33-24-7-8-25(20(2)16-24)21-10-13-30(27(32)18-21)23-6-9-26-22(17-23)19-28-31(26)15-14-29-11-4-5-12-29/h6-10,13,16-19H,3-5,11-12,14-15H2,1-2H3. The topological polar surface area (TPSA) is 52.3 Å². The molecular formula is C27H30N4O2. The number of nitrogens with zero attached hydrogens (tertiary/aromatic N) is 4. The van der Waals surface area contributed by atoms with Crippen molar-refractivity contribution in [2.24, 2.45) is 0 Å². The van der Waals surface area contributed by atoms with Crippen LogP contribution in [0, 0.1) is 6.92 Å². The van der Waals surface area contributed by atoms with Crippen LogP contribution in [0.15, 0.2) is 65.7 Å². The monoisotopic (exact) mass is 442 g/mol. The molecule has 0 aliphatic carbocycles. The largest absolute Gasteiger partial charge is 0.494 e. The number of likely N-dealkylation sites (tertiary alicyclic amines) is 1. The van der Waals surface area contributed by atoms with Crippen molar-refractivity contribution in [3.8, 4) is 22.6 Å². The Hall–Kier alpha value is -3.38. The highest BCUT2D eigenvalue weighted by atomic mass is 16.5. The SMILES string of the molecule is CCOc1ccc(-c2ccn(-c3ccc4c(cnn4CCN4CCCC4)c3)c(=O)c2)c(C)c1. The molecule has 6 nitrogen and oxygen atoms in total. The highest BCUT2D eigenvalue weighted by Gasteiger charge is 2.13. The molecule has 1 fully saturated rings. The Balaban J connectivity index is 1.39. The summed E-state index contributed by atoms with van der Waals surface area (Å²) in [4.78, 5) is 15.5. The van der Waals surface area contributed by atoms with Crippen LogP contribution in [-0.4, -0.2) is 45.5 Å². The van der Waals surface area contributed by atoms with Crippen LogP contribution in [0.2, 0.25) is 0 Å². The molecule has 2 aromatic carbocycles. The fourth-order valence-electron chi connectivity index (χ4n) is 4.72. The van der Waals surface area contributed by atoms with Crippen molar-refractivity contribution in [2.75, 3.05) is 26.2 Å². The normalized spacial score (nSPS) is 14.2. The van der Waals surface area contributed by atoms with Crippen molar-refractivity contribution >= 4 is 10.9 Å². The first-order chi connectivity index (χ1) is 16.1. The van der Waals surface area contributed by atoms with Crippen LogP contribution in [0.4, 0.5) is 0 Å². The molecule has 2 aromatic heterocycles. The Morgan fingerprint density at radius 1 is 1.00 bits per heavy atom. The average molecular weight is 443 g/mol. The molecule has 3 heterocycles. The molecule has 0 atom stereocenters. The first-order valence-corrected chi connectivity index (χ1v) is 11.8. The summed E-state index contributed by atoms with van der Waals surface area (Å²) in [5, 5.41) is 5.64. The van der Waals surface area contributed by atoms with E-state index in [-0.39, 0.29) is 5.56 Å². The van der Waals surface area contributed by atoms with Crippen LogP contribution in [0.1, 0.15) is 25.3 Å². The first kappa shape index (κ1) is 21.5. The zero-order chi connectivity index (χ0) is 22.8. The van der Waals surface area contributed by atoms with Gasteiger partial charge in [-0.15, -0.1) is 0 Å². The van der Waals surface area contributed by atoms with E-state index < -0.39 is 0 Å². The van der Waals surface area contributed by atoms with Crippen LogP contribution in [0.25, 0.3) is 27.7 Å². The number of hydrogen-bond donors (Lipinski definition) is 0. The van der Waals surface area contributed by atoms with E-state index in [2.05, 4.69) is 20.7 Å². The molecular weight excluding hydrogens is 412 g/mol. The van der Waals surface area contributed by atoms with Gasteiger partial charge in [-0.05, 0) is 92.9 Å². The van der Waals surface area contributed by atoms with Gasteiger partial charge in [-0.1, -0.05) is 6.07 Å². The average Bonchev–Trinajstić information content (AvgIpc) is 3.47. The third kappa shape index (κ3) is 4.44. The van der Waals surface area contributed by atoms with Crippen molar-refractivity contribution in [2.45, 2.75) is 33.2 Å². The van der Waals surface area contributed by atoms with E-state index in [0.29, 0.717) is 6.61 Å². The lowest BCUT2D eigenvalue weighted by molar-refractivity contribution is 0.318. The lowest BCUT2D eigenvalue weighted by Gasteiger charge is -2.14. The van der Waals surface area contributed by atoms with E-state index in [0.717, 1.165) is 52.1 Å². The number of benzene rings is 2. The number of rotatable bonds is 7. The molecule has 0 amide bonds. The predicted molar refractivity (Wildman–Crippen MR) is 132 cm³/mol. The van der Waals surface area contributed by atoms with Crippen molar-refractivity contribution in [1.82, 2.24) is 19.2 Å². The van der Waals surface area contributed by atoms with Crippen LogP contribution in [-0.2, 0) is 6.54 Å². The lowest BCUT2D eigenvalue weighted by atomic mass is 10.0. The van der Waals surface area contributed by atoms with Crippen molar-refractivity contribution in [3.05, 3.63) is 76.8 Å². The van der Waals surface area contributed by atoms with Gasteiger partial charge in [-0.3, -0.25) is 14.0 Å². The Kier molecular flexibility index (Phi) is 6.01. The number of fused-ring (bicyclic) bond motifs is 1. The Bertz CT molecular complexity index is 1330. The van der Waals surface area contributed by atoms with Crippen LogP contribution in [0.5, 0.6) is 5.75 Å². The molecule has 1 saturated heterocycles. The predicted octanol–water partition coefficient (Wildman–Crippen LogP) is 4.66. The van der Waals surface area contributed by atoms with E-state index in [1.165, 1.54) is 25.9 Å². The van der Waals surface area contributed by atoms with E-state index in [1.54, 1.807) is 10.6 Å². The summed E-state index contributed by atoms with van der Waals surface area (Å²) in [6.07, 6.45) is 6.35. The molecule has 170 valence electrons. The molecule has 1 aliphatic heterocycles. The minimum absolute atomic E-state index is 0.0541. The van der Waals surface area contributed by atoms with E-state index in [4.69, 9.17) is 4.74 Å². The molecule has 1 aliphatic rings. The molecule has 0 bridgehead atoms. The molecule has 0 saturated carbocycles. The van der Waals surface area contributed by atoms with Gasteiger partial charge in [0.25, 0.3) is 5.56 Å². The zero-order valence-corrected chi connectivity index (χ0v) is 19.3. The van der Waals surface area contributed by atoms with Crippen LogP contribution >= 0.6 is 0 Å². The summed E-state index contributed by atoms with van der Waals surface area (Å²) in [5.74, 6) is 0.848. The zero-order valence-electron chi connectivity index (χ0n) is 19.3. The first-order valence-electron chi connectivity index (χ1n) is 11.8. The number of aryl methyl sites for hydroxylation is 1. The fourth-order valence-corrected chi connectivity index (χ4v) is 4.72. The van der Waals surface area contributed by atoms with Crippen LogP contribution in [0.3, 0.4) is 0 Å². The summed E-state index contributed by atoms with van der Waals surface area (Å²) in [5.41, 5.74) is 4.93. The third-order valence-electron chi connectivity index (χ3n) is 6.47. The molecule has 6 heteroatoms. The minimum atomic E-state index is -0.0541. The Labute approximate surface area is 194 Å². The van der Waals surface area contributed by atoms with Gasteiger partial charge < -0.3 is 9.64 Å². The molecule has 0 spiro atoms. The van der Waals surface area contributed by atoms with Gasteiger partial charge in [0.2, 0.25) is 0 Å². The smallest absolute Gasteiger partial charge is 0.255 e. The maximum atomic E-state index is 13.0. The lowest BCUT2D eigenvalue weighted by Crippen LogP contribution is -2.24. The van der Waals surface area contributed by atoms with Gasteiger partial charge in [0.05, 0.1) is 24.9 Å². The quantitative estimate of drug-likeness (QED) is 0.418. The van der Waals surface area contributed by atoms with E-state index >= 15 is 0 Å². The second kappa shape index (κ2) is 9.24. The molecule has 0 unspecified atom stereocenters. The minimum Gasteiger partial charge on any atom is -0.494 e. The van der Waals surface area contributed by atoms with Crippen LogP contribution < -0.4 is 10.3 Å². The maximum Gasteiger partial charge on any atom is 0.255 e. The molecule has 0 radical (unpaired) electrons. The highest BCUT2D eigenvalue weighted by Crippen LogP contribution is 2.26. The van der Waals surface area contributed by atoms with E-state index in [9.17, 15) is 4.79 Å². The van der Waals surface area contributed by atoms with Gasteiger partial charge >= 0.3 is 0 Å². The molecule has 5 rings (SSSR count).